The van der Waals surface area contributed by atoms with Gasteiger partial charge in [-0.25, -0.2) is 0 Å². The second kappa shape index (κ2) is 9.03. The lowest BCUT2D eigenvalue weighted by molar-refractivity contribution is -0.132. The van der Waals surface area contributed by atoms with Crippen LogP contribution in [-0.4, -0.2) is 24.2 Å². The predicted molar refractivity (Wildman–Crippen MR) is 115 cm³/mol. The quantitative estimate of drug-likeness (QED) is 0.313. The number of ketones is 1. The fourth-order valence-electron chi connectivity index (χ4n) is 3.94. The zero-order chi connectivity index (χ0) is 20.9. The monoisotopic (exact) mass is 392 g/mol. The number of Topliss-reactive ketones (excluding diaryl/α,β-unsaturated/α-hetero) is 1. The molecule has 1 aliphatic heterocycles. The van der Waals surface area contributed by atoms with Crippen molar-refractivity contribution in [2.75, 3.05) is 12.0 Å². The molecule has 5 N–H and O–H groups in total. The van der Waals surface area contributed by atoms with E-state index in [-0.39, 0.29) is 0 Å². The largest absolute Gasteiger partial charge is 0.326 e. The van der Waals surface area contributed by atoms with E-state index in [2.05, 4.69) is 16.2 Å². The number of hydrogen-bond donors (Lipinski definition) is 4. The van der Waals surface area contributed by atoms with Crippen molar-refractivity contribution in [1.29, 1.82) is 0 Å². The summed E-state index contributed by atoms with van der Waals surface area (Å²) < 4.78 is 0. The minimum atomic E-state index is -0.527. The van der Waals surface area contributed by atoms with Crippen molar-refractivity contribution in [1.82, 2.24) is 10.7 Å². The molecule has 2 aromatic carbocycles. The van der Waals surface area contributed by atoms with Crippen LogP contribution in [0.1, 0.15) is 25.0 Å². The molecule has 29 heavy (non-hydrogen) atoms. The minimum Gasteiger partial charge on any atom is -0.326 e. The van der Waals surface area contributed by atoms with Crippen LogP contribution in [0.25, 0.3) is 0 Å². The molecule has 0 saturated carbocycles. The second-order valence-electron chi connectivity index (χ2n) is 7.69. The topological polar surface area (TPSA) is 96.2 Å². The third-order valence-corrected chi connectivity index (χ3v) is 5.55. The zero-order valence-corrected chi connectivity index (χ0v) is 16.9. The van der Waals surface area contributed by atoms with Crippen molar-refractivity contribution >= 4 is 17.8 Å². The van der Waals surface area contributed by atoms with Crippen LogP contribution in [0, 0.1) is 5.92 Å². The normalized spacial score (nSPS) is 22.8. The van der Waals surface area contributed by atoms with Gasteiger partial charge in [0.05, 0.1) is 11.6 Å². The van der Waals surface area contributed by atoms with Gasteiger partial charge in [0, 0.05) is 24.3 Å². The van der Waals surface area contributed by atoms with Crippen molar-refractivity contribution in [2.45, 2.75) is 32.4 Å². The van der Waals surface area contributed by atoms with Gasteiger partial charge in [-0.15, -0.1) is 0 Å². The van der Waals surface area contributed by atoms with Crippen LogP contribution in [0.2, 0.25) is 0 Å². The van der Waals surface area contributed by atoms with Gasteiger partial charge >= 0.3 is 0 Å². The summed E-state index contributed by atoms with van der Waals surface area (Å²) in [5.74, 6) is -0.925. The Morgan fingerprint density at radius 2 is 1.86 bits per heavy atom. The Morgan fingerprint density at radius 1 is 1.17 bits per heavy atom. The second-order valence-corrected chi connectivity index (χ2v) is 7.69. The molecule has 1 aliphatic rings. The summed E-state index contributed by atoms with van der Waals surface area (Å²) in [6.07, 6.45) is 1.09. The zero-order valence-electron chi connectivity index (χ0n) is 16.9. The summed E-state index contributed by atoms with van der Waals surface area (Å²) in [6.45, 7) is 4.96. The van der Waals surface area contributed by atoms with Crippen LogP contribution < -0.4 is 21.9 Å². The van der Waals surface area contributed by atoms with Gasteiger partial charge < -0.3 is 21.9 Å². The third-order valence-electron chi connectivity index (χ3n) is 5.55. The van der Waals surface area contributed by atoms with Crippen molar-refractivity contribution in [3.8, 4) is 0 Å². The van der Waals surface area contributed by atoms with Crippen LogP contribution in [-0.2, 0) is 22.6 Å². The van der Waals surface area contributed by atoms with E-state index in [1.54, 1.807) is 0 Å². The first-order chi connectivity index (χ1) is 14.0. The van der Waals surface area contributed by atoms with Crippen molar-refractivity contribution in [2.24, 2.45) is 11.7 Å². The van der Waals surface area contributed by atoms with E-state index in [1.807, 2.05) is 68.4 Å². The Hall–Kier alpha value is -2.96. The standard InChI is InChI=1S/C23H28N4O2/c1-16(26-27-19-10-8-18(13-24)9-11-19)20-14-25-23(2,22(20)21(29)15-28)12-17-6-4-3-5-7-17/h3-11,15,22,25-27H,12-14,24H2,1-2H3. The Morgan fingerprint density at radius 3 is 2.48 bits per heavy atom. The molecule has 6 nitrogen and oxygen atoms in total. The number of hydrogen-bond acceptors (Lipinski definition) is 6. The molecule has 152 valence electrons. The molecule has 2 unspecified atom stereocenters. The van der Waals surface area contributed by atoms with Crippen molar-refractivity contribution in [3.05, 3.63) is 77.0 Å². The van der Waals surface area contributed by atoms with Gasteiger partial charge in [-0.3, -0.25) is 9.59 Å². The minimum absolute atomic E-state index is 0.406. The van der Waals surface area contributed by atoms with E-state index in [9.17, 15) is 9.59 Å². The van der Waals surface area contributed by atoms with Gasteiger partial charge in [-0.2, -0.15) is 0 Å². The van der Waals surface area contributed by atoms with E-state index in [4.69, 9.17) is 5.73 Å². The van der Waals surface area contributed by atoms with Gasteiger partial charge in [0.2, 0.25) is 5.78 Å². The van der Waals surface area contributed by atoms with Gasteiger partial charge in [-0.1, -0.05) is 42.5 Å². The molecule has 0 spiro atoms. The highest BCUT2D eigenvalue weighted by atomic mass is 16.2. The lowest BCUT2D eigenvalue weighted by atomic mass is 9.77. The number of carbonyl (C=O) groups excluding carboxylic acids is 2. The number of rotatable bonds is 8. The molecule has 0 amide bonds. The summed E-state index contributed by atoms with van der Waals surface area (Å²) in [6, 6.07) is 17.8. The highest BCUT2D eigenvalue weighted by Gasteiger charge is 2.46. The van der Waals surface area contributed by atoms with Crippen LogP contribution >= 0.6 is 0 Å². The number of allylic oxidation sites excluding steroid dienone is 1. The van der Waals surface area contributed by atoms with E-state index >= 15 is 0 Å². The molecule has 1 fully saturated rings. The average molecular weight is 393 g/mol. The molecular weight excluding hydrogens is 364 g/mol. The molecule has 3 rings (SSSR count). The molecule has 6 heteroatoms. The maximum Gasteiger partial charge on any atom is 0.204 e. The number of anilines is 1. The molecule has 1 heterocycles. The number of carbonyl (C=O) groups is 2. The predicted octanol–water partition coefficient (Wildman–Crippen LogP) is 2.32. The number of nitrogens with one attached hydrogen (secondary N) is 3. The Kier molecular flexibility index (Phi) is 6.46. The molecule has 0 bridgehead atoms. The van der Waals surface area contributed by atoms with Crippen LogP contribution in [0.3, 0.4) is 0 Å². The number of benzene rings is 2. The fourth-order valence-corrected chi connectivity index (χ4v) is 3.94. The highest BCUT2D eigenvalue weighted by molar-refractivity contribution is 6.27. The Bertz CT molecular complexity index is 893. The maximum atomic E-state index is 12.6. The fraction of sp³-hybridized carbons (Fsp3) is 0.304. The van der Waals surface area contributed by atoms with Crippen LogP contribution in [0.4, 0.5) is 5.69 Å². The van der Waals surface area contributed by atoms with E-state index in [0.717, 1.165) is 28.1 Å². The first-order valence-corrected chi connectivity index (χ1v) is 9.75. The summed E-state index contributed by atoms with van der Waals surface area (Å²) in [5.41, 5.74) is 16.2. The Labute approximate surface area is 171 Å². The van der Waals surface area contributed by atoms with Crippen LogP contribution in [0.15, 0.2) is 65.9 Å². The third kappa shape index (κ3) is 4.72. The number of nitrogens with two attached hydrogens (primary N) is 1. The van der Waals surface area contributed by atoms with Gasteiger partial charge in [0.25, 0.3) is 0 Å². The molecule has 0 aliphatic carbocycles. The molecule has 1 saturated heterocycles. The number of aldehydes is 1. The average Bonchev–Trinajstić information content (AvgIpc) is 3.09. The highest BCUT2D eigenvalue weighted by Crippen LogP contribution is 2.35. The molecule has 0 aromatic heterocycles. The smallest absolute Gasteiger partial charge is 0.204 e. The SMILES string of the molecule is CC(NNc1ccc(CN)cc1)=C1CNC(C)(Cc2ccccc2)C1C(=O)C=O. The molecule has 2 aromatic rings. The van der Waals surface area contributed by atoms with Crippen molar-refractivity contribution < 1.29 is 9.59 Å². The molecule has 0 radical (unpaired) electrons. The van der Waals surface area contributed by atoms with E-state index < -0.39 is 17.2 Å². The van der Waals surface area contributed by atoms with Gasteiger partial charge in [-0.05, 0) is 49.1 Å². The summed E-state index contributed by atoms with van der Waals surface area (Å²) >= 11 is 0. The lowest BCUT2D eigenvalue weighted by Gasteiger charge is -2.30. The first-order valence-electron chi connectivity index (χ1n) is 9.75. The summed E-state index contributed by atoms with van der Waals surface area (Å²) in [5, 5.41) is 3.47. The summed E-state index contributed by atoms with van der Waals surface area (Å²) in [7, 11) is 0. The first kappa shape index (κ1) is 20.8. The van der Waals surface area contributed by atoms with Crippen molar-refractivity contribution in [3.63, 3.8) is 0 Å². The lowest BCUT2D eigenvalue weighted by Crippen LogP contribution is -2.47. The Balaban J connectivity index is 1.80. The van der Waals surface area contributed by atoms with Gasteiger partial charge in [0.1, 0.15) is 0 Å². The molecular formula is C23H28N4O2. The number of hydrazine groups is 1. The summed E-state index contributed by atoms with van der Waals surface area (Å²) in [4.78, 5) is 24.0. The van der Waals surface area contributed by atoms with E-state index in [0.29, 0.717) is 25.8 Å². The van der Waals surface area contributed by atoms with Crippen LogP contribution in [0.5, 0.6) is 0 Å². The van der Waals surface area contributed by atoms with E-state index in [1.165, 1.54) is 0 Å². The van der Waals surface area contributed by atoms with Gasteiger partial charge in [0.15, 0.2) is 6.29 Å². The maximum absolute atomic E-state index is 12.6. The molecule has 2 atom stereocenters.